The number of aliphatic hydroxyl groups excluding tert-OH is 1. The Hall–Kier alpha value is -0.200. The fourth-order valence-electron chi connectivity index (χ4n) is 2.19. The van der Waals surface area contributed by atoms with E-state index in [-0.39, 0.29) is 0 Å². The molecule has 0 heterocycles. The van der Waals surface area contributed by atoms with Crippen LogP contribution in [0.3, 0.4) is 0 Å². The van der Waals surface area contributed by atoms with Crippen LogP contribution in [0.2, 0.25) is 0 Å². The molecule has 5 nitrogen and oxygen atoms in total. The number of nitrogens with zero attached hydrogens (tertiary/aromatic N) is 1. The van der Waals surface area contributed by atoms with E-state index in [1.807, 2.05) is 0 Å². The maximum Gasteiger partial charge on any atom is 0.0897 e. The first-order valence-electron chi connectivity index (χ1n) is 8.41. The third kappa shape index (κ3) is 9.42. The molecule has 21 heavy (non-hydrogen) atoms. The molecule has 126 valence electrons. The van der Waals surface area contributed by atoms with E-state index in [1.54, 1.807) is 0 Å². The van der Waals surface area contributed by atoms with Gasteiger partial charge in [-0.25, -0.2) is 0 Å². The molecule has 5 heteroatoms. The molecule has 0 aromatic carbocycles. The van der Waals surface area contributed by atoms with Crippen LogP contribution >= 0.6 is 0 Å². The molecule has 1 aliphatic carbocycles. The van der Waals surface area contributed by atoms with Gasteiger partial charge < -0.3 is 19.9 Å². The third-order valence-electron chi connectivity index (χ3n) is 3.96. The number of hydrogen-bond acceptors (Lipinski definition) is 5. The van der Waals surface area contributed by atoms with Gasteiger partial charge in [-0.3, -0.25) is 4.90 Å². The molecule has 0 saturated heterocycles. The predicted octanol–water partition coefficient (Wildman–Crippen LogP) is 1.25. The van der Waals surface area contributed by atoms with Crippen molar-refractivity contribution in [3.63, 3.8) is 0 Å². The number of rotatable bonds is 14. The van der Waals surface area contributed by atoms with Gasteiger partial charge in [0.25, 0.3) is 0 Å². The zero-order valence-corrected chi connectivity index (χ0v) is 14.0. The van der Waals surface area contributed by atoms with Crippen LogP contribution in [0, 0.1) is 0 Å². The quantitative estimate of drug-likeness (QED) is 0.473. The van der Waals surface area contributed by atoms with Crippen LogP contribution in [0.25, 0.3) is 0 Å². The maximum atomic E-state index is 9.82. The third-order valence-corrected chi connectivity index (χ3v) is 3.96. The Balaban J connectivity index is 1.87. The van der Waals surface area contributed by atoms with Crippen LogP contribution in [-0.2, 0) is 9.47 Å². The summed E-state index contributed by atoms with van der Waals surface area (Å²) in [6.07, 6.45) is 4.47. The van der Waals surface area contributed by atoms with Crippen molar-refractivity contribution in [2.45, 2.75) is 57.7 Å². The van der Waals surface area contributed by atoms with E-state index in [0.717, 1.165) is 32.0 Å². The molecule has 1 rings (SSSR count). The lowest BCUT2D eigenvalue weighted by atomic mass is 10.2. The van der Waals surface area contributed by atoms with Gasteiger partial charge in [-0.15, -0.1) is 0 Å². The van der Waals surface area contributed by atoms with Crippen molar-refractivity contribution in [2.24, 2.45) is 0 Å². The summed E-state index contributed by atoms with van der Waals surface area (Å²) in [4.78, 5) is 2.42. The largest absolute Gasteiger partial charge is 0.389 e. The first kappa shape index (κ1) is 18.8. The Kier molecular flexibility index (Phi) is 10.2. The van der Waals surface area contributed by atoms with E-state index >= 15 is 0 Å². The number of unbranched alkanes of at least 4 members (excludes halogenated alkanes) is 1. The Morgan fingerprint density at radius 2 is 1.90 bits per heavy atom. The van der Waals surface area contributed by atoms with Gasteiger partial charge >= 0.3 is 0 Å². The topological polar surface area (TPSA) is 54.0 Å². The summed E-state index contributed by atoms with van der Waals surface area (Å²) < 4.78 is 10.8. The van der Waals surface area contributed by atoms with Crippen LogP contribution in [0.1, 0.15) is 39.5 Å². The summed E-state index contributed by atoms with van der Waals surface area (Å²) in [6, 6.07) is 1.29. The summed E-state index contributed by atoms with van der Waals surface area (Å²) in [7, 11) is 2.18. The van der Waals surface area contributed by atoms with E-state index in [9.17, 15) is 5.11 Å². The van der Waals surface area contributed by atoms with E-state index in [1.165, 1.54) is 12.8 Å². The number of nitrogens with one attached hydrogen (secondary N) is 1. The molecule has 1 fully saturated rings. The van der Waals surface area contributed by atoms with Gasteiger partial charge in [0.1, 0.15) is 0 Å². The highest BCUT2D eigenvalue weighted by Gasteiger charge is 2.28. The molecule has 1 saturated carbocycles. The Morgan fingerprint density at radius 1 is 1.19 bits per heavy atom. The van der Waals surface area contributed by atoms with E-state index in [2.05, 4.69) is 31.1 Å². The van der Waals surface area contributed by atoms with Gasteiger partial charge in [-0.2, -0.15) is 0 Å². The zero-order chi connectivity index (χ0) is 15.5. The number of hydrogen-bond donors (Lipinski definition) is 2. The lowest BCUT2D eigenvalue weighted by Gasteiger charge is -2.25. The Labute approximate surface area is 130 Å². The van der Waals surface area contributed by atoms with Crippen molar-refractivity contribution < 1.29 is 14.6 Å². The van der Waals surface area contributed by atoms with Crippen LogP contribution in [0.5, 0.6) is 0 Å². The van der Waals surface area contributed by atoms with Crippen molar-refractivity contribution in [3.05, 3.63) is 0 Å². The van der Waals surface area contributed by atoms with Crippen LogP contribution in [-0.4, -0.2) is 74.8 Å². The van der Waals surface area contributed by atoms with Gasteiger partial charge in [0.05, 0.1) is 25.9 Å². The van der Waals surface area contributed by atoms with Crippen molar-refractivity contribution in [1.82, 2.24) is 10.2 Å². The first-order valence-corrected chi connectivity index (χ1v) is 8.41. The second kappa shape index (κ2) is 11.4. The molecule has 2 unspecified atom stereocenters. The lowest BCUT2D eigenvalue weighted by Crippen LogP contribution is -2.42. The van der Waals surface area contributed by atoms with Gasteiger partial charge in [0.2, 0.25) is 0 Å². The minimum Gasteiger partial charge on any atom is -0.389 e. The molecule has 2 N–H and O–H groups in total. The van der Waals surface area contributed by atoms with E-state index in [0.29, 0.717) is 32.4 Å². The minimum absolute atomic E-state index is 0.372. The smallest absolute Gasteiger partial charge is 0.0897 e. The van der Waals surface area contributed by atoms with E-state index < -0.39 is 6.10 Å². The molecule has 0 bridgehead atoms. The number of likely N-dealkylation sites (N-methyl/N-ethyl adjacent to an activating group) is 1. The van der Waals surface area contributed by atoms with E-state index in [4.69, 9.17) is 9.47 Å². The molecule has 1 aliphatic rings. The van der Waals surface area contributed by atoms with Crippen molar-refractivity contribution in [2.75, 3.05) is 46.6 Å². The molecule has 0 aromatic rings. The first-order chi connectivity index (χ1) is 10.1. The summed E-state index contributed by atoms with van der Waals surface area (Å²) in [5.41, 5.74) is 0. The summed E-state index contributed by atoms with van der Waals surface area (Å²) in [5, 5.41) is 13.1. The van der Waals surface area contributed by atoms with Crippen LogP contribution in [0.4, 0.5) is 0 Å². The van der Waals surface area contributed by atoms with Crippen molar-refractivity contribution in [1.29, 1.82) is 0 Å². The monoisotopic (exact) mass is 302 g/mol. The van der Waals surface area contributed by atoms with Crippen molar-refractivity contribution in [3.8, 4) is 0 Å². The second-order valence-electron chi connectivity index (χ2n) is 6.10. The maximum absolute atomic E-state index is 9.82. The normalized spacial score (nSPS) is 18.1. The molecular weight excluding hydrogens is 268 g/mol. The van der Waals surface area contributed by atoms with Gasteiger partial charge in [-0.1, -0.05) is 13.3 Å². The summed E-state index contributed by atoms with van der Waals surface area (Å²) in [5.74, 6) is 0. The molecule has 0 aromatic heterocycles. The molecule has 0 aliphatic heterocycles. The number of ether oxygens (including phenoxy) is 2. The highest BCUT2D eigenvalue weighted by Crippen LogP contribution is 2.26. The standard InChI is InChI=1S/C16H34N2O3/c1-4-5-8-20-9-10-21-13-16(19)12-17-11-14(2)18(3)15-6-7-15/h14-17,19H,4-13H2,1-3H3. The molecular formula is C16H34N2O3. The number of aliphatic hydroxyl groups is 1. The Morgan fingerprint density at radius 3 is 2.57 bits per heavy atom. The molecule has 2 atom stereocenters. The summed E-state index contributed by atoms with van der Waals surface area (Å²) in [6.45, 7) is 8.20. The second-order valence-corrected chi connectivity index (χ2v) is 6.10. The van der Waals surface area contributed by atoms with Gasteiger partial charge in [-0.05, 0) is 33.2 Å². The molecule has 0 amide bonds. The SMILES string of the molecule is CCCCOCCOCC(O)CNCC(C)N(C)C1CC1. The Bertz CT molecular complexity index is 250. The molecule has 0 radical (unpaired) electrons. The fraction of sp³-hybridized carbons (Fsp3) is 1.00. The average molecular weight is 302 g/mol. The predicted molar refractivity (Wildman–Crippen MR) is 85.7 cm³/mol. The molecule has 0 spiro atoms. The lowest BCUT2D eigenvalue weighted by molar-refractivity contribution is 0.00361. The average Bonchev–Trinajstić information content (AvgIpc) is 3.30. The van der Waals surface area contributed by atoms with Crippen molar-refractivity contribution >= 4 is 0 Å². The van der Waals surface area contributed by atoms with Gasteiger partial charge in [0.15, 0.2) is 0 Å². The van der Waals surface area contributed by atoms with Crippen LogP contribution in [0.15, 0.2) is 0 Å². The highest BCUT2D eigenvalue weighted by atomic mass is 16.5. The highest BCUT2D eigenvalue weighted by molar-refractivity contribution is 4.85. The minimum atomic E-state index is -0.445. The fourth-order valence-corrected chi connectivity index (χ4v) is 2.19. The zero-order valence-electron chi connectivity index (χ0n) is 14.0. The van der Waals surface area contributed by atoms with Gasteiger partial charge in [0, 0.05) is 31.8 Å². The van der Waals surface area contributed by atoms with Crippen LogP contribution < -0.4 is 5.32 Å². The summed E-state index contributed by atoms with van der Waals surface area (Å²) >= 11 is 0.